The predicted molar refractivity (Wildman–Crippen MR) is 84.0 cm³/mol. The van der Waals surface area contributed by atoms with Crippen molar-refractivity contribution in [3.63, 3.8) is 0 Å². The van der Waals surface area contributed by atoms with Gasteiger partial charge >= 0.3 is 0 Å². The van der Waals surface area contributed by atoms with Crippen LogP contribution in [0.2, 0.25) is 5.02 Å². The van der Waals surface area contributed by atoms with Crippen molar-refractivity contribution in [1.29, 1.82) is 0 Å². The first-order chi connectivity index (χ1) is 9.13. The Bertz CT molecular complexity index is 419. The molecule has 0 aromatic heterocycles. The zero-order valence-electron chi connectivity index (χ0n) is 12.2. The number of nitrogens with zero attached hydrogens (tertiary/aromatic N) is 1. The molecule has 2 nitrogen and oxygen atoms in total. The molecule has 1 heterocycles. The van der Waals surface area contributed by atoms with Crippen molar-refractivity contribution in [2.24, 2.45) is 5.92 Å². The Hall–Kier alpha value is -0.730. The van der Waals surface area contributed by atoms with E-state index in [4.69, 9.17) is 11.6 Å². The van der Waals surface area contributed by atoms with Gasteiger partial charge in [0.2, 0.25) is 0 Å². The largest absolute Gasteiger partial charge is 0.369 e. The highest BCUT2D eigenvalue weighted by Crippen LogP contribution is 2.31. The summed E-state index contributed by atoms with van der Waals surface area (Å²) in [6.07, 6.45) is 2.62. The fourth-order valence-electron chi connectivity index (χ4n) is 2.82. The molecule has 3 heteroatoms. The molecule has 0 spiro atoms. The Morgan fingerprint density at radius 1 is 1.37 bits per heavy atom. The highest BCUT2D eigenvalue weighted by Gasteiger charge is 2.25. The smallest absolute Gasteiger partial charge is 0.0471 e. The van der Waals surface area contributed by atoms with Gasteiger partial charge in [-0.15, -0.1) is 0 Å². The van der Waals surface area contributed by atoms with E-state index >= 15 is 0 Å². The van der Waals surface area contributed by atoms with Crippen LogP contribution in [-0.2, 0) is 6.54 Å². The molecule has 106 valence electrons. The van der Waals surface area contributed by atoms with E-state index in [1.54, 1.807) is 0 Å². The molecule has 2 rings (SSSR count). The van der Waals surface area contributed by atoms with Gasteiger partial charge in [0.1, 0.15) is 0 Å². The van der Waals surface area contributed by atoms with E-state index in [9.17, 15) is 0 Å². The summed E-state index contributed by atoms with van der Waals surface area (Å²) >= 11 is 6.40. The maximum absolute atomic E-state index is 6.40. The lowest BCUT2D eigenvalue weighted by atomic mass is 9.91. The second kappa shape index (κ2) is 6.62. The van der Waals surface area contributed by atoms with Crippen LogP contribution in [0.25, 0.3) is 0 Å². The monoisotopic (exact) mass is 280 g/mol. The zero-order valence-corrected chi connectivity index (χ0v) is 13.0. The third-order valence-corrected chi connectivity index (χ3v) is 4.66. The topological polar surface area (TPSA) is 15.3 Å². The fraction of sp³-hybridized carbons (Fsp3) is 0.625. The zero-order chi connectivity index (χ0) is 13.8. The van der Waals surface area contributed by atoms with Crippen LogP contribution in [0, 0.1) is 5.92 Å². The molecule has 1 saturated heterocycles. The number of benzene rings is 1. The molecule has 1 aliphatic heterocycles. The lowest BCUT2D eigenvalue weighted by Gasteiger charge is -2.39. The van der Waals surface area contributed by atoms with Gasteiger partial charge in [0, 0.05) is 29.8 Å². The van der Waals surface area contributed by atoms with Crippen LogP contribution in [0.15, 0.2) is 18.2 Å². The summed E-state index contributed by atoms with van der Waals surface area (Å²) in [6, 6.07) is 7.10. The summed E-state index contributed by atoms with van der Waals surface area (Å²) in [5.74, 6) is 0.758. The van der Waals surface area contributed by atoms with Crippen molar-refractivity contribution >= 4 is 17.3 Å². The average molecular weight is 281 g/mol. The molecule has 1 aromatic rings. The first-order valence-electron chi connectivity index (χ1n) is 7.39. The van der Waals surface area contributed by atoms with Crippen molar-refractivity contribution in [3.05, 3.63) is 28.8 Å². The summed E-state index contributed by atoms with van der Waals surface area (Å²) in [7, 11) is 0. The molecule has 1 aromatic carbocycles. The minimum atomic E-state index is 0.601. The molecular weight excluding hydrogens is 256 g/mol. The SMILES string of the molecule is CCNCc1ccc(N2CCCC(C)C2C)cc1Cl. The van der Waals surface area contributed by atoms with E-state index in [0.717, 1.165) is 30.6 Å². The first kappa shape index (κ1) is 14.7. The molecule has 19 heavy (non-hydrogen) atoms. The third kappa shape index (κ3) is 3.43. The van der Waals surface area contributed by atoms with Gasteiger partial charge in [-0.3, -0.25) is 0 Å². The van der Waals surface area contributed by atoms with Crippen molar-refractivity contribution in [2.75, 3.05) is 18.0 Å². The molecule has 1 aliphatic rings. The summed E-state index contributed by atoms with van der Waals surface area (Å²) in [5.41, 5.74) is 2.45. The Balaban J connectivity index is 2.14. The van der Waals surface area contributed by atoms with E-state index in [2.05, 4.69) is 49.2 Å². The minimum Gasteiger partial charge on any atom is -0.369 e. The normalized spacial score (nSPS) is 23.7. The first-order valence-corrected chi connectivity index (χ1v) is 7.77. The quantitative estimate of drug-likeness (QED) is 0.894. The average Bonchev–Trinajstić information content (AvgIpc) is 2.40. The van der Waals surface area contributed by atoms with Crippen molar-refractivity contribution in [3.8, 4) is 0 Å². The summed E-state index contributed by atoms with van der Waals surface area (Å²) in [4.78, 5) is 2.50. The number of hydrogen-bond acceptors (Lipinski definition) is 2. The van der Waals surface area contributed by atoms with E-state index < -0.39 is 0 Å². The maximum atomic E-state index is 6.40. The molecular formula is C16H25ClN2. The number of piperidine rings is 1. The Morgan fingerprint density at radius 3 is 2.84 bits per heavy atom. The molecule has 0 amide bonds. The van der Waals surface area contributed by atoms with Crippen LogP contribution in [-0.4, -0.2) is 19.1 Å². The van der Waals surface area contributed by atoms with E-state index in [1.807, 2.05) is 0 Å². The van der Waals surface area contributed by atoms with Crippen molar-refractivity contribution < 1.29 is 0 Å². The second-order valence-electron chi connectivity index (χ2n) is 5.61. The lowest BCUT2D eigenvalue weighted by Crippen LogP contribution is -2.42. The standard InChI is InChI=1S/C16H25ClN2/c1-4-18-11-14-7-8-15(10-16(14)17)19-9-5-6-12(2)13(19)3/h7-8,10,12-13,18H,4-6,9,11H2,1-3H3. The highest BCUT2D eigenvalue weighted by atomic mass is 35.5. The predicted octanol–water partition coefficient (Wildman–Crippen LogP) is 4.07. The van der Waals surface area contributed by atoms with Gasteiger partial charge in [-0.05, 0) is 49.9 Å². The van der Waals surface area contributed by atoms with Crippen LogP contribution >= 0.6 is 11.6 Å². The maximum Gasteiger partial charge on any atom is 0.0471 e. The Morgan fingerprint density at radius 2 is 2.16 bits per heavy atom. The number of hydrogen-bond donors (Lipinski definition) is 1. The molecule has 0 saturated carbocycles. The highest BCUT2D eigenvalue weighted by molar-refractivity contribution is 6.31. The molecule has 0 radical (unpaired) electrons. The Labute approximate surface area is 122 Å². The third-order valence-electron chi connectivity index (χ3n) is 4.31. The summed E-state index contributed by atoms with van der Waals surface area (Å²) < 4.78 is 0. The number of halogens is 1. The van der Waals surface area contributed by atoms with Gasteiger partial charge in [-0.25, -0.2) is 0 Å². The molecule has 1 N–H and O–H groups in total. The van der Waals surface area contributed by atoms with Gasteiger partial charge < -0.3 is 10.2 Å². The summed E-state index contributed by atoms with van der Waals surface area (Å²) in [6.45, 7) is 9.75. The van der Waals surface area contributed by atoms with Crippen LogP contribution in [0.1, 0.15) is 39.2 Å². The van der Waals surface area contributed by atoms with Gasteiger partial charge in [-0.2, -0.15) is 0 Å². The molecule has 1 fully saturated rings. The lowest BCUT2D eigenvalue weighted by molar-refractivity contribution is 0.363. The van der Waals surface area contributed by atoms with Crippen molar-refractivity contribution in [2.45, 2.75) is 46.2 Å². The Kier molecular flexibility index (Phi) is 5.12. The van der Waals surface area contributed by atoms with Gasteiger partial charge in [-0.1, -0.05) is 31.5 Å². The van der Waals surface area contributed by atoms with E-state index in [1.165, 1.54) is 24.1 Å². The number of nitrogens with one attached hydrogen (secondary N) is 1. The van der Waals surface area contributed by atoms with Crippen molar-refractivity contribution in [1.82, 2.24) is 5.32 Å². The minimum absolute atomic E-state index is 0.601. The van der Waals surface area contributed by atoms with Crippen LogP contribution in [0.4, 0.5) is 5.69 Å². The van der Waals surface area contributed by atoms with Gasteiger partial charge in [0.05, 0.1) is 0 Å². The van der Waals surface area contributed by atoms with Crippen LogP contribution in [0.5, 0.6) is 0 Å². The van der Waals surface area contributed by atoms with Crippen LogP contribution in [0.3, 0.4) is 0 Å². The fourth-order valence-corrected chi connectivity index (χ4v) is 3.06. The van der Waals surface area contributed by atoms with Gasteiger partial charge in [0.25, 0.3) is 0 Å². The van der Waals surface area contributed by atoms with E-state index in [-0.39, 0.29) is 0 Å². The molecule has 0 aliphatic carbocycles. The molecule has 2 unspecified atom stereocenters. The molecule has 0 bridgehead atoms. The number of rotatable bonds is 4. The second-order valence-corrected chi connectivity index (χ2v) is 6.02. The van der Waals surface area contributed by atoms with Crippen LogP contribution < -0.4 is 10.2 Å². The summed E-state index contributed by atoms with van der Waals surface area (Å²) in [5, 5.41) is 4.20. The van der Waals surface area contributed by atoms with Gasteiger partial charge in [0.15, 0.2) is 0 Å². The van der Waals surface area contributed by atoms with E-state index in [0.29, 0.717) is 6.04 Å². The number of anilines is 1. The molecule has 2 atom stereocenters.